The Labute approximate surface area is 208 Å². The predicted octanol–water partition coefficient (Wildman–Crippen LogP) is 4.53. The van der Waals surface area contributed by atoms with Crippen LogP contribution in [0.25, 0.3) is 0 Å². The standard InChI is InChI=1S/C26H29FN4O5/c1-16(2)25-23(26(33)29-14-19-8-20(27)10-22(9-19)31(34)35)11-21(12-24(32)36-17(3)4)30(25)15-18-6-5-7-28-13-18/h5-11,13,16-17H,12,14-15H2,1-4H3,(H,29,33). The fraction of sp³-hybridized carbons (Fsp3) is 0.346. The molecule has 0 bridgehead atoms. The maximum absolute atomic E-state index is 13.8. The van der Waals surface area contributed by atoms with E-state index in [1.54, 1.807) is 32.3 Å². The molecule has 0 fully saturated rings. The minimum absolute atomic E-state index is 0.0263. The Morgan fingerprint density at radius 1 is 1.17 bits per heavy atom. The molecule has 0 saturated carbocycles. The van der Waals surface area contributed by atoms with Crippen molar-refractivity contribution in [2.75, 3.05) is 0 Å². The van der Waals surface area contributed by atoms with Gasteiger partial charge in [-0.25, -0.2) is 4.39 Å². The molecule has 3 aromatic rings. The number of nitro benzene ring substituents is 1. The van der Waals surface area contributed by atoms with Crippen molar-refractivity contribution in [1.82, 2.24) is 14.9 Å². The summed E-state index contributed by atoms with van der Waals surface area (Å²) in [5, 5.41) is 13.8. The average Bonchev–Trinajstić information content (AvgIpc) is 3.15. The lowest BCUT2D eigenvalue weighted by molar-refractivity contribution is -0.385. The molecule has 0 radical (unpaired) electrons. The van der Waals surface area contributed by atoms with E-state index in [1.807, 2.05) is 30.5 Å². The third kappa shape index (κ3) is 6.74. The van der Waals surface area contributed by atoms with E-state index in [0.29, 0.717) is 23.5 Å². The van der Waals surface area contributed by atoms with E-state index in [9.17, 15) is 24.1 Å². The van der Waals surface area contributed by atoms with Crippen LogP contribution in [0.15, 0.2) is 48.8 Å². The van der Waals surface area contributed by atoms with Gasteiger partial charge < -0.3 is 14.6 Å². The number of esters is 1. The summed E-state index contributed by atoms with van der Waals surface area (Å²) in [5.74, 6) is -1.68. The van der Waals surface area contributed by atoms with E-state index in [-0.39, 0.29) is 30.6 Å². The Kier molecular flexibility index (Phi) is 8.52. The van der Waals surface area contributed by atoms with Crippen molar-refractivity contribution in [3.63, 3.8) is 0 Å². The van der Waals surface area contributed by atoms with Crippen molar-refractivity contribution in [3.8, 4) is 0 Å². The van der Waals surface area contributed by atoms with Crippen LogP contribution in [-0.2, 0) is 29.0 Å². The van der Waals surface area contributed by atoms with Gasteiger partial charge in [-0.05, 0) is 49.1 Å². The molecular weight excluding hydrogens is 467 g/mol. The number of nitrogens with one attached hydrogen (secondary N) is 1. The number of nitro groups is 1. The van der Waals surface area contributed by atoms with Crippen LogP contribution < -0.4 is 5.32 Å². The van der Waals surface area contributed by atoms with E-state index in [2.05, 4.69) is 10.3 Å². The minimum Gasteiger partial charge on any atom is -0.463 e. The zero-order chi connectivity index (χ0) is 26.4. The van der Waals surface area contributed by atoms with Gasteiger partial charge in [0.25, 0.3) is 11.6 Å². The highest BCUT2D eigenvalue weighted by Gasteiger charge is 2.24. The molecule has 1 aromatic carbocycles. The Hall–Kier alpha value is -4.08. The van der Waals surface area contributed by atoms with Gasteiger partial charge in [-0.2, -0.15) is 0 Å². The van der Waals surface area contributed by atoms with Crippen LogP contribution in [-0.4, -0.2) is 32.5 Å². The Morgan fingerprint density at radius 2 is 1.92 bits per heavy atom. The van der Waals surface area contributed by atoms with Crippen molar-refractivity contribution in [2.24, 2.45) is 0 Å². The zero-order valence-corrected chi connectivity index (χ0v) is 20.7. The lowest BCUT2D eigenvalue weighted by Gasteiger charge is -2.17. The second-order valence-electron chi connectivity index (χ2n) is 9.01. The molecule has 0 unspecified atom stereocenters. The van der Waals surface area contributed by atoms with Crippen molar-refractivity contribution >= 4 is 17.6 Å². The van der Waals surface area contributed by atoms with Gasteiger partial charge in [0.15, 0.2) is 0 Å². The molecule has 2 heterocycles. The minimum atomic E-state index is -0.759. The number of benzene rings is 1. The number of rotatable bonds is 10. The normalized spacial score (nSPS) is 11.1. The SMILES string of the molecule is CC(C)OC(=O)Cc1cc(C(=O)NCc2cc(F)cc([N+](=O)[O-])c2)c(C(C)C)n1Cc1cccnc1. The van der Waals surface area contributed by atoms with E-state index >= 15 is 0 Å². The number of hydrogen-bond acceptors (Lipinski definition) is 6. The van der Waals surface area contributed by atoms with E-state index in [1.165, 1.54) is 6.07 Å². The van der Waals surface area contributed by atoms with Gasteiger partial charge in [0.2, 0.25) is 0 Å². The number of aromatic nitrogens is 2. The number of pyridine rings is 1. The summed E-state index contributed by atoms with van der Waals surface area (Å²) in [6.45, 7) is 7.71. The highest BCUT2D eigenvalue weighted by atomic mass is 19.1. The molecule has 0 spiro atoms. The highest BCUT2D eigenvalue weighted by Crippen LogP contribution is 2.27. The number of amides is 1. The molecule has 0 aliphatic rings. The van der Waals surface area contributed by atoms with Gasteiger partial charge in [-0.15, -0.1) is 0 Å². The fourth-order valence-corrected chi connectivity index (χ4v) is 4.00. The number of ether oxygens (including phenoxy) is 1. The molecule has 9 nitrogen and oxygen atoms in total. The van der Waals surface area contributed by atoms with E-state index in [4.69, 9.17) is 4.74 Å². The number of nitrogens with zero attached hydrogens (tertiary/aromatic N) is 3. The number of carbonyl (C=O) groups excluding carboxylic acids is 2. The summed E-state index contributed by atoms with van der Waals surface area (Å²) in [7, 11) is 0. The topological polar surface area (TPSA) is 116 Å². The smallest absolute Gasteiger partial charge is 0.312 e. The van der Waals surface area contributed by atoms with Gasteiger partial charge in [-0.3, -0.25) is 24.7 Å². The van der Waals surface area contributed by atoms with Gasteiger partial charge in [0.1, 0.15) is 5.82 Å². The molecule has 0 atom stereocenters. The number of halogens is 1. The predicted molar refractivity (Wildman–Crippen MR) is 131 cm³/mol. The van der Waals surface area contributed by atoms with Gasteiger partial charge in [0, 0.05) is 42.9 Å². The van der Waals surface area contributed by atoms with Crippen molar-refractivity contribution in [2.45, 2.75) is 59.2 Å². The zero-order valence-electron chi connectivity index (χ0n) is 20.7. The number of hydrogen-bond donors (Lipinski definition) is 1. The molecule has 0 saturated heterocycles. The Morgan fingerprint density at radius 3 is 2.53 bits per heavy atom. The van der Waals surface area contributed by atoms with E-state index in [0.717, 1.165) is 17.7 Å². The van der Waals surface area contributed by atoms with Crippen LogP contribution in [0, 0.1) is 15.9 Å². The summed E-state index contributed by atoms with van der Waals surface area (Å²) in [6, 6.07) is 8.56. The Bertz CT molecular complexity index is 1250. The number of non-ortho nitro benzene ring substituents is 1. The Balaban J connectivity index is 1.95. The van der Waals surface area contributed by atoms with Crippen LogP contribution >= 0.6 is 0 Å². The van der Waals surface area contributed by atoms with Gasteiger partial charge in [-0.1, -0.05) is 19.9 Å². The van der Waals surface area contributed by atoms with Crippen LogP contribution in [0.3, 0.4) is 0 Å². The second kappa shape index (κ2) is 11.6. The third-order valence-corrected chi connectivity index (χ3v) is 5.38. The van der Waals surface area contributed by atoms with Crippen LogP contribution in [0.2, 0.25) is 0 Å². The maximum atomic E-state index is 13.8. The molecule has 1 amide bonds. The van der Waals surface area contributed by atoms with Crippen LogP contribution in [0.4, 0.5) is 10.1 Å². The third-order valence-electron chi connectivity index (χ3n) is 5.38. The fourth-order valence-electron chi connectivity index (χ4n) is 4.00. The van der Waals surface area contributed by atoms with Crippen LogP contribution in [0.5, 0.6) is 0 Å². The molecule has 190 valence electrons. The molecule has 1 N–H and O–H groups in total. The summed E-state index contributed by atoms with van der Waals surface area (Å²) in [5.41, 5.74) is 2.46. The lowest BCUT2D eigenvalue weighted by Crippen LogP contribution is -2.24. The molecule has 3 rings (SSSR count). The second-order valence-corrected chi connectivity index (χ2v) is 9.01. The maximum Gasteiger partial charge on any atom is 0.312 e. The quantitative estimate of drug-likeness (QED) is 0.251. The molecule has 0 aliphatic heterocycles. The lowest BCUT2D eigenvalue weighted by atomic mass is 10.0. The first kappa shape index (κ1) is 26.5. The first-order chi connectivity index (χ1) is 17.0. The van der Waals surface area contributed by atoms with Crippen molar-refractivity contribution in [3.05, 3.63) is 92.8 Å². The summed E-state index contributed by atoms with van der Waals surface area (Å²) < 4.78 is 21.1. The average molecular weight is 497 g/mol. The summed E-state index contributed by atoms with van der Waals surface area (Å²) >= 11 is 0. The molecular formula is C26H29FN4O5. The van der Waals surface area contributed by atoms with Crippen molar-refractivity contribution in [1.29, 1.82) is 0 Å². The first-order valence-corrected chi connectivity index (χ1v) is 11.6. The highest BCUT2D eigenvalue weighted by molar-refractivity contribution is 5.96. The van der Waals surface area contributed by atoms with Gasteiger partial charge >= 0.3 is 5.97 Å². The molecule has 2 aromatic heterocycles. The first-order valence-electron chi connectivity index (χ1n) is 11.6. The molecule has 0 aliphatic carbocycles. The van der Waals surface area contributed by atoms with Gasteiger partial charge in [0.05, 0.1) is 29.1 Å². The van der Waals surface area contributed by atoms with E-state index < -0.39 is 28.3 Å². The summed E-state index contributed by atoms with van der Waals surface area (Å²) in [4.78, 5) is 40.2. The van der Waals surface area contributed by atoms with Crippen molar-refractivity contribution < 1.29 is 23.6 Å². The monoisotopic (exact) mass is 496 g/mol. The summed E-state index contributed by atoms with van der Waals surface area (Å²) in [6.07, 6.45) is 3.08. The molecule has 36 heavy (non-hydrogen) atoms. The largest absolute Gasteiger partial charge is 0.463 e. The number of carbonyl (C=O) groups is 2. The molecule has 10 heteroatoms. The van der Waals surface area contributed by atoms with Crippen LogP contribution in [0.1, 0.15) is 66.5 Å².